The molecule has 1 aromatic heterocycles. The molecule has 0 fully saturated rings. The fourth-order valence-corrected chi connectivity index (χ4v) is 4.08. The van der Waals surface area contributed by atoms with E-state index >= 15 is 0 Å². The minimum Gasteiger partial charge on any atom is -0.497 e. The van der Waals surface area contributed by atoms with Crippen LogP contribution in [-0.4, -0.2) is 44.0 Å². The van der Waals surface area contributed by atoms with Crippen LogP contribution in [0.3, 0.4) is 0 Å². The third kappa shape index (κ3) is 4.90. The fourth-order valence-electron chi connectivity index (χ4n) is 1.72. The number of nitrogens with one attached hydrogen (secondary N) is 1. The molecule has 0 spiro atoms. The Morgan fingerprint density at radius 3 is 2.50 bits per heavy atom. The molecule has 2 aromatic rings. The zero-order valence-corrected chi connectivity index (χ0v) is 14.8. The summed E-state index contributed by atoms with van der Waals surface area (Å²) in [7, 11) is -1.88. The first-order valence-corrected chi connectivity index (χ1v) is 9.54. The second kappa shape index (κ2) is 8.06. The van der Waals surface area contributed by atoms with Crippen molar-refractivity contribution in [1.29, 1.82) is 0 Å². The Labute approximate surface area is 143 Å². The lowest BCUT2D eigenvalue weighted by molar-refractivity contribution is -0.118. The van der Waals surface area contributed by atoms with E-state index in [2.05, 4.69) is 15.5 Å². The summed E-state index contributed by atoms with van der Waals surface area (Å²) in [6.45, 7) is 1.53. The van der Waals surface area contributed by atoms with Gasteiger partial charge in [0.15, 0.2) is 6.61 Å². The van der Waals surface area contributed by atoms with Crippen molar-refractivity contribution in [3.05, 3.63) is 24.3 Å². The Balaban J connectivity index is 1.89. The van der Waals surface area contributed by atoms with Gasteiger partial charge in [-0.3, -0.25) is 10.1 Å². The Kier molecular flexibility index (Phi) is 6.10. The molecule has 0 saturated carbocycles. The Morgan fingerprint density at radius 2 is 1.88 bits per heavy atom. The molecule has 0 radical (unpaired) electrons. The van der Waals surface area contributed by atoms with Gasteiger partial charge in [0.25, 0.3) is 5.91 Å². The molecular formula is C14H17N3O5S2. The van der Waals surface area contributed by atoms with Crippen molar-refractivity contribution >= 4 is 32.2 Å². The smallest absolute Gasteiger partial charge is 0.264 e. The number of amides is 1. The molecule has 8 nitrogen and oxygen atoms in total. The molecule has 130 valence electrons. The van der Waals surface area contributed by atoms with Crippen LogP contribution in [0.25, 0.3) is 0 Å². The standard InChI is InChI=1S/C14H17N3O5S2/c1-3-8-24(19,20)14-17-16-13(23-14)15-12(18)9-22-11-6-4-10(21-2)5-7-11/h4-7H,3,8-9H2,1-2H3,(H,15,16,18). The van der Waals surface area contributed by atoms with Gasteiger partial charge in [-0.2, -0.15) is 0 Å². The third-order valence-electron chi connectivity index (χ3n) is 2.82. The number of benzene rings is 1. The maximum Gasteiger partial charge on any atom is 0.264 e. The van der Waals surface area contributed by atoms with Gasteiger partial charge in [-0.15, -0.1) is 10.2 Å². The molecule has 0 bridgehead atoms. The van der Waals surface area contributed by atoms with Gasteiger partial charge in [0, 0.05) is 0 Å². The van der Waals surface area contributed by atoms with Crippen LogP contribution < -0.4 is 14.8 Å². The lowest BCUT2D eigenvalue weighted by atomic mass is 10.3. The predicted octanol–water partition coefficient (Wildman–Crippen LogP) is 1.75. The molecule has 0 saturated heterocycles. The number of methoxy groups -OCH3 is 1. The maximum absolute atomic E-state index is 11.9. The molecule has 0 aliphatic heterocycles. The van der Waals surface area contributed by atoms with Gasteiger partial charge in [-0.1, -0.05) is 18.3 Å². The molecule has 1 aromatic carbocycles. The number of nitrogens with zero attached hydrogens (tertiary/aromatic N) is 2. The van der Waals surface area contributed by atoms with Crippen LogP contribution in [0.5, 0.6) is 11.5 Å². The Bertz CT molecular complexity index is 787. The van der Waals surface area contributed by atoms with E-state index in [0.29, 0.717) is 17.9 Å². The molecule has 24 heavy (non-hydrogen) atoms. The van der Waals surface area contributed by atoms with Crippen molar-refractivity contribution in [3.8, 4) is 11.5 Å². The highest BCUT2D eigenvalue weighted by Crippen LogP contribution is 2.21. The Morgan fingerprint density at radius 1 is 1.21 bits per heavy atom. The highest BCUT2D eigenvalue weighted by atomic mass is 32.2. The SMILES string of the molecule is CCCS(=O)(=O)c1nnc(NC(=O)COc2ccc(OC)cc2)s1. The van der Waals surface area contributed by atoms with Gasteiger partial charge in [-0.05, 0) is 30.7 Å². The number of rotatable bonds is 8. The van der Waals surface area contributed by atoms with Gasteiger partial charge in [-0.25, -0.2) is 8.42 Å². The van der Waals surface area contributed by atoms with Crippen molar-refractivity contribution in [2.75, 3.05) is 24.8 Å². The van der Waals surface area contributed by atoms with E-state index in [0.717, 1.165) is 11.3 Å². The molecule has 1 heterocycles. The maximum atomic E-state index is 11.9. The fraction of sp³-hybridized carbons (Fsp3) is 0.357. The Hall–Kier alpha value is -2.20. The number of ether oxygens (including phenoxy) is 2. The molecule has 0 unspecified atom stereocenters. The topological polar surface area (TPSA) is 107 Å². The first kappa shape index (κ1) is 18.1. The monoisotopic (exact) mass is 371 g/mol. The number of carbonyl (C=O) groups is 1. The van der Waals surface area contributed by atoms with Crippen LogP contribution in [0.2, 0.25) is 0 Å². The molecule has 1 amide bonds. The molecule has 10 heteroatoms. The van der Waals surface area contributed by atoms with Crippen molar-refractivity contribution in [2.24, 2.45) is 0 Å². The van der Waals surface area contributed by atoms with Gasteiger partial charge < -0.3 is 9.47 Å². The quantitative estimate of drug-likeness (QED) is 0.704. The summed E-state index contributed by atoms with van der Waals surface area (Å²) in [5, 5.41) is 9.86. The van der Waals surface area contributed by atoms with Crippen molar-refractivity contribution < 1.29 is 22.7 Å². The first-order valence-electron chi connectivity index (χ1n) is 7.07. The zero-order chi connectivity index (χ0) is 17.6. The summed E-state index contributed by atoms with van der Waals surface area (Å²) in [4.78, 5) is 11.8. The lowest BCUT2D eigenvalue weighted by Crippen LogP contribution is -2.20. The van der Waals surface area contributed by atoms with E-state index in [1.807, 2.05) is 0 Å². The number of hydrogen-bond donors (Lipinski definition) is 1. The van der Waals surface area contributed by atoms with E-state index in [1.54, 1.807) is 38.3 Å². The highest BCUT2D eigenvalue weighted by molar-refractivity contribution is 7.93. The van der Waals surface area contributed by atoms with Crippen LogP contribution in [0.15, 0.2) is 28.6 Å². The second-order valence-electron chi connectivity index (χ2n) is 4.70. The average Bonchev–Trinajstić information content (AvgIpc) is 3.03. The number of aromatic nitrogens is 2. The number of anilines is 1. The highest BCUT2D eigenvalue weighted by Gasteiger charge is 2.20. The van der Waals surface area contributed by atoms with E-state index < -0.39 is 15.7 Å². The van der Waals surface area contributed by atoms with E-state index in [1.165, 1.54) is 0 Å². The summed E-state index contributed by atoms with van der Waals surface area (Å²) in [6, 6.07) is 6.77. The molecular weight excluding hydrogens is 354 g/mol. The minimum absolute atomic E-state index is 0.00381. The average molecular weight is 371 g/mol. The number of hydrogen-bond acceptors (Lipinski definition) is 8. The van der Waals surface area contributed by atoms with Crippen LogP contribution in [-0.2, 0) is 14.6 Å². The van der Waals surface area contributed by atoms with Gasteiger partial charge in [0.1, 0.15) is 11.5 Å². The molecule has 1 N–H and O–H groups in total. The summed E-state index contributed by atoms with van der Waals surface area (Å²) in [6.07, 6.45) is 0.485. The molecule has 0 atom stereocenters. The predicted molar refractivity (Wildman–Crippen MR) is 89.4 cm³/mol. The number of carbonyl (C=O) groups excluding carboxylic acids is 1. The minimum atomic E-state index is -3.44. The van der Waals surface area contributed by atoms with Gasteiger partial charge in [0.05, 0.1) is 12.9 Å². The van der Waals surface area contributed by atoms with E-state index in [-0.39, 0.29) is 21.8 Å². The normalized spacial score (nSPS) is 11.1. The van der Waals surface area contributed by atoms with Gasteiger partial charge in [0.2, 0.25) is 19.3 Å². The van der Waals surface area contributed by atoms with Crippen molar-refractivity contribution in [2.45, 2.75) is 17.7 Å². The summed E-state index contributed by atoms with van der Waals surface area (Å²) in [5.41, 5.74) is 0. The first-order chi connectivity index (χ1) is 11.4. The zero-order valence-electron chi connectivity index (χ0n) is 13.2. The van der Waals surface area contributed by atoms with Crippen LogP contribution in [0.1, 0.15) is 13.3 Å². The number of sulfone groups is 1. The van der Waals surface area contributed by atoms with Gasteiger partial charge >= 0.3 is 0 Å². The third-order valence-corrected chi connectivity index (χ3v) is 6.03. The van der Waals surface area contributed by atoms with Crippen molar-refractivity contribution in [1.82, 2.24) is 10.2 Å². The van der Waals surface area contributed by atoms with Crippen LogP contribution in [0.4, 0.5) is 5.13 Å². The molecule has 0 aliphatic carbocycles. The molecule has 2 rings (SSSR count). The van der Waals surface area contributed by atoms with Crippen LogP contribution >= 0.6 is 11.3 Å². The van der Waals surface area contributed by atoms with E-state index in [9.17, 15) is 13.2 Å². The summed E-state index contributed by atoms with van der Waals surface area (Å²) in [5.74, 6) is 0.730. The largest absolute Gasteiger partial charge is 0.497 e. The lowest BCUT2D eigenvalue weighted by Gasteiger charge is -2.06. The summed E-state index contributed by atoms with van der Waals surface area (Å²) >= 11 is 0.820. The summed E-state index contributed by atoms with van der Waals surface area (Å²) < 4.78 is 34.0. The van der Waals surface area contributed by atoms with E-state index in [4.69, 9.17) is 9.47 Å². The molecule has 0 aliphatic rings. The second-order valence-corrected chi connectivity index (χ2v) is 7.96. The van der Waals surface area contributed by atoms with Crippen molar-refractivity contribution in [3.63, 3.8) is 0 Å². The van der Waals surface area contributed by atoms with Crippen LogP contribution in [0, 0.1) is 0 Å².